The maximum Gasteiger partial charge on any atom is 0.221 e. The Labute approximate surface area is 108 Å². The van der Waals surface area contributed by atoms with Crippen molar-refractivity contribution in [1.82, 2.24) is 9.97 Å². The van der Waals surface area contributed by atoms with Crippen molar-refractivity contribution in [3.63, 3.8) is 0 Å². The number of ether oxygens (including phenoxy) is 1. The van der Waals surface area contributed by atoms with Crippen molar-refractivity contribution in [3.05, 3.63) is 11.9 Å². The molecule has 5 nitrogen and oxygen atoms in total. The van der Waals surface area contributed by atoms with E-state index >= 15 is 0 Å². The highest BCUT2D eigenvalue weighted by molar-refractivity contribution is 5.48. The average molecular weight is 251 g/mol. The molecule has 5 heteroatoms. The van der Waals surface area contributed by atoms with Gasteiger partial charge in [0.15, 0.2) is 0 Å². The van der Waals surface area contributed by atoms with Gasteiger partial charge in [-0.25, -0.2) is 9.97 Å². The van der Waals surface area contributed by atoms with Crippen LogP contribution >= 0.6 is 0 Å². The van der Waals surface area contributed by atoms with Crippen LogP contribution in [0.4, 0.5) is 5.82 Å². The fraction of sp³-hybridized carbons (Fsp3) is 0.692. The van der Waals surface area contributed by atoms with Crippen molar-refractivity contribution < 1.29 is 9.84 Å². The van der Waals surface area contributed by atoms with Crippen LogP contribution in [0.25, 0.3) is 0 Å². The van der Waals surface area contributed by atoms with Gasteiger partial charge in [0.1, 0.15) is 12.1 Å². The molecule has 0 saturated heterocycles. The molecule has 0 bridgehead atoms. The van der Waals surface area contributed by atoms with Gasteiger partial charge in [-0.05, 0) is 26.7 Å². The lowest BCUT2D eigenvalue weighted by atomic mass is 9.92. The first kappa shape index (κ1) is 13.1. The third kappa shape index (κ3) is 2.90. The molecular formula is C13H21N3O2. The Morgan fingerprint density at radius 2 is 2.17 bits per heavy atom. The maximum atomic E-state index is 9.96. The SMILES string of the molecule is CCOc1ncnc(NC2CCCCC2O)c1C. The van der Waals surface area contributed by atoms with Gasteiger partial charge in [-0.15, -0.1) is 0 Å². The third-order valence-corrected chi connectivity index (χ3v) is 3.37. The molecule has 0 radical (unpaired) electrons. The van der Waals surface area contributed by atoms with Gasteiger partial charge >= 0.3 is 0 Å². The van der Waals surface area contributed by atoms with Crippen LogP contribution in [0.2, 0.25) is 0 Å². The number of hydrogen-bond acceptors (Lipinski definition) is 5. The highest BCUT2D eigenvalue weighted by Crippen LogP contribution is 2.25. The molecule has 0 aliphatic heterocycles. The molecule has 2 unspecified atom stereocenters. The second kappa shape index (κ2) is 6.00. The number of aliphatic hydroxyl groups excluding tert-OH is 1. The Balaban J connectivity index is 2.10. The van der Waals surface area contributed by atoms with Gasteiger partial charge in [0.25, 0.3) is 0 Å². The normalized spacial score (nSPS) is 23.7. The Bertz CT molecular complexity index is 398. The fourth-order valence-electron chi connectivity index (χ4n) is 2.32. The number of aliphatic hydroxyl groups is 1. The summed E-state index contributed by atoms with van der Waals surface area (Å²) in [5.74, 6) is 1.37. The lowest BCUT2D eigenvalue weighted by Gasteiger charge is -2.29. The molecule has 1 aliphatic rings. The van der Waals surface area contributed by atoms with Crippen LogP contribution in [-0.4, -0.2) is 33.8 Å². The number of rotatable bonds is 4. The summed E-state index contributed by atoms with van der Waals surface area (Å²) in [6.45, 7) is 4.45. The molecule has 2 N–H and O–H groups in total. The largest absolute Gasteiger partial charge is 0.478 e. The molecular weight excluding hydrogens is 230 g/mol. The zero-order valence-corrected chi connectivity index (χ0v) is 11.0. The predicted molar refractivity (Wildman–Crippen MR) is 69.8 cm³/mol. The molecule has 0 aromatic carbocycles. The summed E-state index contributed by atoms with van der Waals surface area (Å²) in [6, 6.07) is 0.0850. The maximum absolute atomic E-state index is 9.96. The summed E-state index contributed by atoms with van der Waals surface area (Å²) in [6.07, 6.45) is 5.30. The number of hydrogen-bond donors (Lipinski definition) is 2. The van der Waals surface area contributed by atoms with E-state index in [1.807, 2.05) is 13.8 Å². The number of anilines is 1. The molecule has 1 aromatic heterocycles. The van der Waals surface area contributed by atoms with Crippen molar-refractivity contribution in [2.24, 2.45) is 0 Å². The number of nitrogens with one attached hydrogen (secondary N) is 1. The van der Waals surface area contributed by atoms with Crippen LogP contribution in [0.15, 0.2) is 6.33 Å². The molecule has 0 spiro atoms. The molecule has 2 atom stereocenters. The summed E-state index contributed by atoms with van der Waals surface area (Å²) in [5.41, 5.74) is 0.900. The van der Waals surface area contributed by atoms with E-state index in [4.69, 9.17) is 4.74 Å². The molecule has 1 aromatic rings. The van der Waals surface area contributed by atoms with Gasteiger partial charge in [0, 0.05) is 0 Å². The van der Waals surface area contributed by atoms with Crippen molar-refractivity contribution in [2.45, 2.75) is 51.7 Å². The van der Waals surface area contributed by atoms with Crippen LogP contribution in [0.3, 0.4) is 0 Å². The van der Waals surface area contributed by atoms with Crippen LogP contribution in [0.1, 0.15) is 38.2 Å². The van der Waals surface area contributed by atoms with Crippen molar-refractivity contribution in [3.8, 4) is 5.88 Å². The smallest absolute Gasteiger partial charge is 0.221 e. The van der Waals surface area contributed by atoms with Crippen LogP contribution in [0.5, 0.6) is 5.88 Å². The molecule has 18 heavy (non-hydrogen) atoms. The fourth-order valence-corrected chi connectivity index (χ4v) is 2.32. The van der Waals surface area contributed by atoms with Gasteiger partial charge in [-0.2, -0.15) is 0 Å². The van der Waals surface area contributed by atoms with Gasteiger partial charge < -0.3 is 15.2 Å². The molecule has 1 heterocycles. The van der Waals surface area contributed by atoms with Gasteiger partial charge in [0.05, 0.1) is 24.3 Å². The van der Waals surface area contributed by atoms with Crippen molar-refractivity contribution in [1.29, 1.82) is 0 Å². The van der Waals surface area contributed by atoms with Gasteiger partial charge in [0.2, 0.25) is 5.88 Å². The Morgan fingerprint density at radius 3 is 2.89 bits per heavy atom. The first-order valence-electron chi connectivity index (χ1n) is 6.61. The van der Waals surface area contributed by atoms with E-state index in [2.05, 4.69) is 15.3 Å². The van der Waals surface area contributed by atoms with E-state index < -0.39 is 0 Å². The molecule has 1 aliphatic carbocycles. The molecule has 2 rings (SSSR count). The molecule has 1 fully saturated rings. The summed E-state index contributed by atoms with van der Waals surface area (Å²) in [4.78, 5) is 8.34. The average Bonchev–Trinajstić information content (AvgIpc) is 2.37. The zero-order valence-electron chi connectivity index (χ0n) is 11.0. The lowest BCUT2D eigenvalue weighted by molar-refractivity contribution is 0.116. The summed E-state index contributed by atoms with van der Waals surface area (Å²) in [5, 5.41) is 13.3. The highest BCUT2D eigenvalue weighted by Gasteiger charge is 2.24. The second-order valence-electron chi connectivity index (χ2n) is 4.69. The minimum Gasteiger partial charge on any atom is -0.478 e. The van der Waals surface area contributed by atoms with E-state index in [1.54, 1.807) is 0 Å². The van der Waals surface area contributed by atoms with E-state index in [1.165, 1.54) is 6.33 Å². The molecule has 100 valence electrons. The van der Waals surface area contributed by atoms with E-state index in [0.717, 1.165) is 37.1 Å². The Hall–Kier alpha value is -1.36. The Kier molecular flexibility index (Phi) is 4.36. The minimum atomic E-state index is -0.288. The van der Waals surface area contributed by atoms with Gasteiger partial charge in [-0.1, -0.05) is 12.8 Å². The number of aromatic nitrogens is 2. The summed E-state index contributed by atoms with van der Waals surface area (Å²) in [7, 11) is 0. The van der Waals surface area contributed by atoms with Crippen molar-refractivity contribution >= 4 is 5.82 Å². The van der Waals surface area contributed by atoms with Crippen LogP contribution in [0, 0.1) is 6.92 Å². The predicted octanol–water partition coefficient (Wildman–Crippen LogP) is 1.90. The van der Waals surface area contributed by atoms with E-state index in [0.29, 0.717) is 12.5 Å². The summed E-state index contributed by atoms with van der Waals surface area (Å²) >= 11 is 0. The third-order valence-electron chi connectivity index (χ3n) is 3.37. The molecule has 1 saturated carbocycles. The quantitative estimate of drug-likeness (QED) is 0.855. The van der Waals surface area contributed by atoms with Crippen LogP contribution in [-0.2, 0) is 0 Å². The first-order valence-corrected chi connectivity index (χ1v) is 6.61. The standard InChI is InChI=1S/C13H21N3O2/c1-3-18-13-9(2)12(14-8-15-13)16-10-6-4-5-7-11(10)17/h8,10-11,17H,3-7H2,1-2H3,(H,14,15,16). The second-order valence-corrected chi connectivity index (χ2v) is 4.69. The molecule has 0 amide bonds. The zero-order chi connectivity index (χ0) is 13.0. The van der Waals surface area contributed by atoms with Gasteiger partial charge in [-0.3, -0.25) is 0 Å². The van der Waals surface area contributed by atoms with E-state index in [-0.39, 0.29) is 12.1 Å². The topological polar surface area (TPSA) is 67.3 Å². The summed E-state index contributed by atoms with van der Waals surface area (Å²) < 4.78 is 5.44. The lowest BCUT2D eigenvalue weighted by Crippen LogP contribution is -2.36. The first-order chi connectivity index (χ1) is 8.72. The van der Waals surface area contributed by atoms with Crippen LogP contribution < -0.4 is 10.1 Å². The minimum absolute atomic E-state index is 0.0850. The Morgan fingerprint density at radius 1 is 1.39 bits per heavy atom. The van der Waals surface area contributed by atoms with Crippen molar-refractivity contribution in [2.75, 3.05) is 11.9 Å². The highest BCUT2D eigenvalue weighted by atomic mass is 16.5. The monoisotopic (exact) mass is 251 g/mol. The number of nitrogens with zero attached hydrogens (tertiary/aromatic N) is 2. The van der Waals surface area contributed by atoms with E-state index in [9.17, 15) is 5.11 Å².